The van der Waals surface area contributed by atoms with Gasteiger partial charge < -0.3 is 4.42 Å². The van der Waals surface area contributed by atoms with E-state index in [2.05, 4.69) is 0 Å². The average molecular weight is 281 g/mol. The van der Waals surface area contributed by atoms with Crippen molar-refractivity contribution in [3.05, 3.63) is 63.5 Å². The van der Waals surface area contributed by atoms with Gasteiger partial charge >= 0.3 is 0 Å². The number of hydrogen-bond donors (Lipinski definition) is 0. The number of aryl methyl sites for hydroxylation is 1. The van der Waals surface area contributed by atoms with Gasteiger partial charge in [-0.3, -0.25) is 4.79 Å². The highest BCUT2D eigenvalue weighted by molar-refractivity contribution is 6.42. The molecule has 0 radical (unpaired) electrons. The molecule has 0 aliphatic heterocycles. The van der Waals surface area contributed by atoms with Crippen molar-refractivity contribution in [3.63, 3.8) is 0 Å². The summed E-state index contributed by atoms with van der Waals surface area (Å²) in [6.45, 7) is 1.79. The zero-order valence-corrected chi connectivity index (χ0v) is 11.1. The molecule has 2 rings (SSSR count). The lowest BCUT2D eigenvalue weighted by Gasteiger charge is -1.97. The fourth-order valence-corrected chi connectivity index (χ4v) is 1.74. The first kappa shape index (κ1) is 12.9. The predicted molar refractivity (Wildman–Crippen MR) is 73.3 cm³/mol. The molecule has 0 spiro atoms. The second-order valence-corrected chi connectivity index (χ2v) is 4.60. The molecular formula is C14H10Cl2O2. The number of furan rings is 1. The first-order valence-corrected chi connectivity index (χ1v) is 6.06. The second kappa shape index (κ2) is 5.42. The molecule has 0 saturated heterocycles. The summed E-state index contributed by atoms with van der Waals surface area (Å²) in [5.74, 6) is 0.847. The summed E-state index contributed by atoms with van der Waals surface area (Å²) >= 11 is 11.7. The minimum absolute atomic E-state index is 0.186. The Bertz CT molecular complexity index is 612. The standard InChI is InChI=1S/C14H10Cl2O2/c1-9-2-7-14(18-9)13(17)6-4-10-3-5-11(15)12(16)8-10/h2-8H,1H3. The molecule has 4 heteroatoms. The van der Waals surface area contributed by atoms with Crippen LogP contribution < -0.4 is 0 Å². The quantitative estimate of drug-likeness (QED) is 0.598. The molecule has 0 saturated carbocycles. The normalized spacial score (nSPS) is 11.1. The van der Waals surface area contributed by atoms with Crippen LogP contribution in [0.25, 0.3) is 6.08 Å². The van der Waals surface area contributed by atoms with Gasteiger partial charge in [0.05, 0.1) is 10.0 Å². The number of halogens is 2. The molecule has 0 bridgehead atoms. The van der Waals surface area contributed by atoms with E-state index >= 15 is 0 Å². The van der Waals surface area contributed by atoms with Crippen LogP contribution in [0.2, 0.25) is 10.0 Å². The zero-order chi connectivity index (χ0) is 13.1. The van der Waals surface area contributed by atoms with Gasteiger partial charge in [-0.05, 0) is 42.8 Å². The average Bonchev–Trinajstić information content (AvgIpc) is 2.77. The molecule has 18 heavy (non-hydrogen) atoms. The van der Waals surface area contributed by atoms with Crippen LogP contribution in [0.15, 0.2) is 40.8 Å². The molecule has 0 aliphatic rings. The van der Waals surface area contributed by atoms with E-state index in [4.69, 9.17) is 27.6 Å². The van der Waals surface area contributed by atoms with Crippen molar-refractivity contribution in [2.75, 3.05) is 0 Å². The van der Waals surface area contributed by atoms with Gasteiger partial charge in [-0.25, -0.2) is 0 Å². The Morgan fingerprint density at radius 3 is 2.56 bits per heavy atom. The molecule has 0 aliphatic carbocycles. The molecule has 1 aromatic carbocycles. The molecular weight excluding hydrogens is 271 g/mol. The van der Waals surface area contributed by atoms with Crippen molar-refractivity contribution in [2.45, 2.75) is 6.92 Å². The molecule has 0 unspecified atom stereocenters. The highest BCUT2D eigenvalue weighted by atomic mass is 35.5. The maximum Gasteiger partial charge on any atom is 0.221 e. The largest absolute Gasteiger partial charge is 0.458 e. The smallest absolute Gasteiger partial charge is 0.221 e. The van der Waals surface area contributed by atoms with Gasteiger partial charge in [0.25, 0.3) is 0 Å². The third-order valence-electron chi connectivity index (χ3n) is 2.35. The van der Waals surface area contributed by atoms with E-state index < -0.39 is 0 Å². The van der Waals surface area contributed by atoms with E-state index in [0.29, 0.717) is 21.6 Å². The molecule has 2 nitrogen and oxygen atoms in total. The van der Waals surface area contributed by atoms with Crippen molar-refractivity contribution >= 4 is 35.1 Å². The van der Waals surface area contributed by atoms with Gasteiger partial charge in [0.1, 0.15) is 5.76 Å². The molecule has 0 fully saturated rings. The third-order valence-corrected chi connectivity index (χ3v) is 3.09. The fourth-order valence-electron chi connectivity index (χ4n) is 1.44. The summed E-state index contributed by atoms with van der Waals surface area (Å²) in [4.78, 5) is 11.7. The Balaban J connectivity index is 2.15. The van der Waals surface area contributed by atoms with Gasteiger partial charge in [-0.1, -0.05) is 35.3 Å². The number of ketones is 1. The van der Waals surface area contributed by atoms with Gasteiger partial charge in [0.15, 0.2) is 5.76 Å². The maximum absolute atomic E-state index is 11.7. The Morgan fingerprint density at radius 2 is 1.94 bits per heavy atom. The van der Waals surface area contributed by atoms with Crippen LogP contribution in [0.5, 0.6) is 0 Å². The van der Waals surface area contributed by atoms with Crippen molar-refractivity contribution in [1.29, 1.82) is 0 Å². The Morgan fingerprint density at radius 1 is 1.17 bits per heavy atom. The molecule has 0 atom stereocenters. The van der Waals surface area contributed by atoms with Gasteiger partial charge in [-0.15, -0.1) is 0 Å². The molecule has 92 valence electrons. The topological polar surface area (TPSA) is 30.2 Å². The van der Waals surface area contributed by atoms with Crippen LogP contribution in [0.1, 0.15) is 21.9 Å². The first-order chi connectivity index (χ1) is 8.56. The van der Waals surface area contributed by atoms with Crippen molar-refractivity contribution < 1.29 is 9.21 Å². The van der Waals surface area contributed by atoms with E-state index in [1.165, 1.54) is 6.08 Å². The molecule has 2 aromatic rings. The lowest BCUT2D eigenvalue weighted by molar-refractivity contribution is 0.102. The second-order valence-electron chi connectivity index (χ2n) is 3.78. The number of benzene rings is 1. The molecule has 0 amide bonds. The maximum atomic E-state index is 11.7. The van der Waals surface area contributed by atoms with Crippen LogP contribution >= 0.6 is 23.2 Å². The SMILES string of the molecule is Cc1ccc(C(=O)C=Cc2ccc(Cl)c(Cl)c2)o1. The van der Waals surface area contributed by atoms with E-state index in [1.807, 2.05) is 0 Å². The fraction of sp³-hybridized carbons (Fsp3) is 0.0714. The predicted octanol–water partition coefficient (Wildman–Crippen LogP) is 4.79. The highest BCUT2D eigenvalue weighted by Crippen LogP contribution is 2.23. The van der Waals surface area contributed by atoms with Crippen molar-refractivity contribution in [3.8, 4) is 0 Å². The highest BCUT2D eigenvalue weighted by Gasteiger charge is 2.06. The molecule has 1 aromatic heterocycles. The van der Waals surface area contributed by atoms with Crippen molar-refractivity contribution in [2.24, 2.45) is 0 Å². The van der Waals surface area contributed by atoms with E-state index in [9.17, 15) is 4.79 Å². The molecule has 0 N–H and O–H groups in total. The van der Waals surface area contributed by atoms with Gasteiger partial charge in [-0.2, -0.15) is 0 Å². The number of hydrogen-bond acceptors (Lipinski definition) is 2. The van der Waals surface area contributed by atoms with Crippen molar-refractivity contribution in [1.82, 2.24) is 0 Å². The lowest BCUT2D eigenvalue weighted by Crippen LogP contribution is -1.90. The summed E-state index contributed by atoms with van der Waals surface area (Å²) in [7, 11) is 0. The van der Waals surface area contributed by atoms with Crippen LogP contribution in [0.4, 0.5) is 0 Å². The van der Waals surface area contributed by atoms with E-state index in [0.717, 1.165) is 5.56 Å². The molecule has 1 heterocycles. The van der Waals surface area contributed by atoms with Crippen LogP contribution in [0.3, 0.4) is 0 Å². The Labute approximate surface area is 115 Å². The Kier molecular flexibility index (Phi) is 3.90. The van der Waals surface area contributed by atoms with Crippen LogP contribution in [0, 0.1) is 6.92 Å². The Hall–Kier alpha value is -1.51. The minimum Gasteiger partial charge on any atom is -0.458 e. The zero-order valence-electron chi connectivity index (χ0n) is 9.61. The van der Waals surface area contributed by atoms with E-state index in [1.54, 1.807) is 43.3 Å². The van der Waals surface area contributed by atoms with Gasteiger partial charge in [0, 0.05) is 0 Å². The van der Waals surface area contributed by atoms with Crippen LogP contribution in [-0.4, -0.2) is 5.78 Å². The summed E-state index contributed by atoms with van der Waals surface area (Å²) < 4.78 is 5.23. The number of carbonyl (C=O) groups excluding carboxylic acids is 1. The minimum atomic E-state index is -0.186. The summed E-state index contributed by atoms with van der Waals surface area (Å²) in [6.07, 6.45) is 3.11. The summed E-state index contributed by atoms with van der Waals surface area (Å²) in [5.41, 5.74) is 0.807. The van der Waals surface area contributed by atoms with Gasteiger partial charge in [0.2, 0.25) is 5.78 Å². The monoisotopic (exact) mass is 280 g/mol. The first-order valence-electron chi connectivity index (χ1n) is 5.30. The lowest BCUT2D eigenvalue weighted by atomic mass is 10.2. The number of allylic oxidation sites excluding steroid dienone is 1. The van der Waals surface area contributed by atoms with E-state index in [-0.39, 0.29) is 5.78 Å². The van der Waals surface area contributed by atoms with Crippen LogP contribution in [-0.2, 0) is 0 Å². The summed E-state index contributed by atoms with van der Waals surface area (Å²) in [6, 6.07) is 8.56. The third kappa shape index (κ3) is 3.03. The summed E-state index contributed by atoms with van der Waals surface area (Å²) in [5, 5.41) is 0.946. The number of carbonyl (C=O) groups is 1. The number of rotatable bonds is 3.